The van der Waals surface area contributed by atoms with E-state index in [1.165, 1.54) is 51.4 Å². The standard InChI is InChI=1S/C16H31BO2/c1-3-5-7-9-11-13-15-18-17-19-16-14-12-10-8-6-4-2/h13-17H,3-12H2,1-2H3/b15-13+,16-14+. The van der Waals surface area contributed by atoms with Crippen LogP contribution in [-0.4, -0.2) is 7.69 Å². The van der Waals surface area contributed by atoms with Crippen molar-refractivity contribution in [3.63, 3.8) is 0 Å². The Morgan fingerprint density at radius 3 is 1.58 bits per heavy atom. The maximum absolute atomic E-state index is 5.23. The van der Waals surface area contributed by atoms with Crippen molar-refractivity contribution in [2.45, 2.75) is 78.1 Å². The topological polar surface area (TPSA) is 18.5 Å². The highest BCUT2D eigenvalue weighted by atomic mass is 16.6. The maximum atomic E-state index is 5.23. The predicted octanol–water partition coefficient (Wildman–Crippen LogP) is 5.25. The van der Waals surface area contributed by atoms with Crippen LogP contribution in [0.5, 0.6) is 0 Å². The Labute approximate surface area is 120 Å². The summed E-state index contributed by atoms with van der Waals surface area (Å²) in [6.45, 7) is 4.46. The quantitative estimate of drug-likeness (QED) is 0.243. The zero-order valence-corrected chi connectivity index (χ0v) is 12.9. The molecular formula is C16H31BO2. The lowest BCUT2D eigenvalue weighted by atomic mass is 10.1. The molecule has 0 aliphatic heterocycles. The third-order valence-electron chi connectivity index (χ3n) is 2.97. The molecule has 0 saturated carbocycles. The van der Waals surface area contributed by atoms with Gasteiger partial charge in [0.1, 0.15) is 0 Å². The van der Waals surface area contributed by atoms with E-state index in [9.17, 15) is 0 Å². The summed E-state index contributed by atoms with van der Waals surface area (Å²) in [6, 6.07) is 0. The van der Waals surface area contributed by atoms with E-state index in [0.29, 0.717) is 7.69 Å². The molecule has 0 radical (unpaired) electrons. The second-order valence-corrected chi connectivity index (χ2v) is 4.89. The zero-order valence-electron chi connectivity index (χ0n) is 12.9. The number of hydrogen-bond acceptors (Lipinski definition) is 2. The maximum Gasteiger partial charge on any atom is 0.575 e. The number of unbranched alkanes of at least 4 members (excludes halogenated alkanes) is 8. The first kappa shape index (κ1) is 18.1. The van der Waals surface area contributed by atoms with Gasteiger partial charge in [0.15, 0.2) is 0 Å². The van der Waals surface area contributed by atoms with Crippen molar-refractivity contribution < 1.29 is 9.31 Å². The van der Waals surface area contributed by atoms with Gasteiger partial charge in [0, 0.05) is 0 Å². The van der Waals surface area contributed by atoms with E-state index in [1.807, 2.05) is 0 Å². The molecule has 0 aromatic rings. The minimum atomic E-state index is 0.316. The van der Waals surface area contributed by atoms with E-state index in [1.54, 1.807) is 12.5 Å². The Morgan fingerprint density at radius 2 is 1.16 bits per heavy atom. The van der Waals surface area contributed by atoms with Gasteiger partial charge in [-0.25, -0.2) is 0 Å². The summed E-state index contributed by atoms with van der Waals surface area (Å²) in [4.78, 5) is 0. The fourth-order valence-corrected chi connectivity index (χ4v) is 1.77. The molecule has 0 atom stereocenters. The number of hydrogen-bond donors (Lipinski definition) is 0. The molecular weight excluding hydrogens is 235 g/mol. The highest BCUT2D eigenvalue weighted by molar-refractivity contribution is 6.18. The SMILES string of the molecule is CCCCCC/C=C/OBO/C=C/CCCCCC. The lowest BCUT2D eigenvalue weighted by molar-refractivity contribution is 0.373. The second-order valence-electron chi connectivity index (χ2n) is 4.89. The van der Waals surface area contributed by atoms with Crippen molar-refractivity contribution in [2.24, 2.45) is 0 Å². The molecule has 0 unspecified atom stereocenters. The smallest absolute Gasteiger partial charge is 0.535 e. The molecule has 0 N–H and O–H groups in total. The van der Waals surface area contributed by atoms with E-state index in [4.69, 9.17) is 9.31 Å². The Hall–Kier alpha value is -0.855. The Kier molecular flexibility index (Phi) is 16.4. The molecule has 19 heavy (non-hydrogen) atoms. The molecule has 0 rings (SSSR count). The number of allylic oxidation sites excluding steroid dienone is 2. The van der Waals surface area contributed by atoms with E-state index in [0.717, 1.165) is 12.8 Å². The first-order valence-electron chi connectivity index (χ1n) is 7.95. The van der Waals surface area contributed by atoms with Gasteiger partial charge in [0.25, 0.3) is 0 Å². The van der Waals surface area contributed by atoms with E-state index < -0.39 is 0 Å². The van der Waals surface area contributed by atoms with Crippen molar-refractivity contribution >= 4 is 7.69 Å². The summed E-state index contributed by atoms with van der Waals surface area (Å²) in [6.07, 6.45) is 20.3. The second kappa shape index (κ2) is 17.1. The molecule has 0 saturated heterocycles. The van der Waals surface area contributed by atoms with Gasteiger partial charge in [0.05, 0.1) is 12.5 Å². The third-order valence-corrected chi connectivity index (χ3v) is 2.97. The van der Waals surface area contributed by atoms with Crippen LogP contribution in [0.25, 0.3) is 0 Å². The molecule has 110 valence electrons. The highest BCUT2D eigenvalue weighted by Gasteiger charge is 1.88. The summed E-state index contributed by atoms with van der Waals surface area (Å²) in [5.41, 5.74) is 0. The molecule has 0 aromatic carbocycles. The Balaban J connectivity index is 3.12. The van der Waals surface area contributed by atoms with Crippen LogP contribution in [-0.2, 0) is 9.31 Å². The van der Waals surface area contributed by atoms with Crippen molar-refractivity contribution in [1.82, 2.24) is 0 Å². The molecule has 3 heteroatoms. The van der Waals surface area contributed by atoms with Crippen LogP contribution in [0.3, 0.4) is 0 Å². The van der Waals surface area contributed by atoms with Crippen LogP contribution in [0.15, 0.2) is 24.7 Å². The summed E-state index contributed by atoms with van der Waals surface area (Å²) in [5, 5.41) is 0. The minimum absolute atomic E-state index is 0.316. The van der Waals surface area contributed by atoms with E-state index >= 15 is 0 Å². The number of rotatable bonds is 14. The highest BCUT2D eigenvalue weighted by Crippen LogP contribution is 2.03. The van der Waals surface area contributed by atoms with Crippen LogP contribution in [0.2, 0.25) is 0 Å². The van der Waals surface area contributed by atoms with Crippen LogP contribution >= 0.6 is 0 Å². The van der Waals surface area contributed by atoms with Gasteiger partial charge >= 0.3 is 7.69 Å². The average molecular weight is 266 g/mol. The monoisotopic (exact) mass is 266 g/mol. The predicted molar refractivity (Wildman–Crippen MR) is 85.1 cm³/mol. The van der Waals surface area contributed by atoms with Gasteiger partial charge in [-0.2, -0.15) is 0 Å². The first-order valence-corrected chi connectivity index (χ1v) is 7.95. The lowest BCUT2D eigenvalue weighted by Gasteiger charge is -1.98. The van der Waals surface area contributed by atoms with Crippen molar-refractivity contribution in [2.75, 3.05) is 0 Å². The van der Waals surface area contributed by atoms with Gasteiger partial charge in [-0.1, -0.05) is 64.5 Å². The van der Waals surface area contributed by atoms with Crippen LogP contribution in [0, 0.1) is 0 Å². The summed E-state index contributed by atoms with van der Waals surface area (Å²) < 4.78 is 10.5. The van der Waals surface area contributed by atoms with Crippen molar-refractivity contribution in [3.8, 4) is 0 Å². The molecule has 0 amide bonds. The Morgan fingerprint density at radius 1 is 0.684 bits per heavy atom. The minimum Gasteiger partial charge on any atom is -0.535 e. The van der Waals surface area contributed by atoms with E-state index in [-0.39, 0.29) is 0 Å². The fourth-order valence-electron chi connectivity index (χ4n) is 1.77. The molecule has 0 heterocycles. The molecule has 0 aliphatic rings. The van der Waals surface area contributed by atoms with E-state index in [2.05, 4.69) is 26.0 Å². The fraction of sp³-hybridized carbons (Fsp3) is 0.750. The van der Waals surface area contributed by atoms with Crippen LogP contribution in [0.4, 0.5) is 0 Å². The molecule has 0 aliphatic carbocycles. The normalized spacial score (nSPS) is 11.3. The van der Waals surface area contributed by atoms with Gasteiger partial charge in [-0.15, -0.1) is 0 Å². The molecule has 0 fully saturated rings. The first-order chi connectivity index (χ1) is 9.41. The average Bonchev–Trinajstić information content (AvgIpc) is 2.43. The summed E-state index contributed by atoms with van der Waals surface area (Å²) in [7, 11) is 0.316. The summed E-state index contributed by atoms with van der Waals surface area (Å²) in [5.74, 6) is 0. The Bertz CT molecular complexity index is 193. The van der Waals surface area contributed by atoms with Crippen LogP contribution in [0.1, 0.15) is 78.1 Å². The lowest BCUT2D eigenvalue weighted by Crippen LogP contribution is -1.94. The van der Waals surface area contributed by atoms with Gasteiger partial charge in [-0.05, 0) is 25.7 Å². The summed E-state index contributed by atoms with van der Waals surface area (Å²) >= 11 is 0. The van der Waals surface area contributed by atoms with Crippen molar-refractivity contribution in [3.05, 3.63) is 24.7 Å². The van der Waals surface area contributed by atoms with Gasteiger partial charge in [0.2, 0.25) is 0 Å². The molecule has 2 nitrogen and oxygen atoms in total. The van der Waals surface area contributed by atoms with Crippen LogP contribution < -0.4 is 0 Å². The zero-order chi connectivity index (χ0) is 14.0. The third kappa shape index (κ3) is 17.1. The van der Waals surface area contributed by atoms with Gasteiger partial charge < -0.3 is 9.31 Å². The van der Waals surface area contributed by atoms with Crippen molar-refractivity contribution in [1.29, 1.82) is 0 Å². The largest absolute Gasteiger partial charge is 0.575 e. The molecule has 0 aromatic heterocycles. The molecule has 0 bridgehead atoms. The molecule has 0 spiro atoms. The van der Waals surface area contributed by atoms with Gasteiger partial charge in [-0.3, -0.25) is 0 Å².